The first kappa shape index (κ1) is 11.9. The number of hydrogen-bond donors (Lipinski definition) is 0. The Morgan fingerprint density at radius 2 is 1.12 bits per heavy atom. The van der Waals surface area contributed by atoms with Gasteiger partial charge in [0, 0.05) is 5.56 Å². The summed E-state index contributed by atoms with van der Waals surface area (Å²) in [4.78, 5) is 20.6. The number of carbonyl (C=O) groups is 2. The Kier molecular flexibility index (Phi) is 5.28. The first-order chi connectivity index (χ1) is 7.84. The van der Waals surface area contributed by atoms with Crippen LogP contribution in [-0.4, -0.2) is 12.1 Å². The van der Waals surface area contributed by atoms with Crippen molar-refractivity contribution in [1.29, 1.82) is 0 Å². The molecule has 2 aromatic rings. The fourth-order valence-corrected chi connectivity index (χ4v) is 1.06. The summed E-state index contributed by atoms with van der Waals surface area (Å²) in [6.45, 7) is 0. The monoisotopic (exact) mass is 212 g/mol. The van der Waals surface area contributed by atoms with Crippen molar-refractivity contribution in [2.24, 2.45) is 0 Å². The molecule has 2 heteroatoms. The van der Waals surface area contributed by atoms with Crippen LogP contribution in [-0.2, 0) is 4.79 Å². The standard InChI is InChI=1S/C8H6O2.C6H6/c9-6-8(10)7-4-2-1-3-5-7;1-2-4-6-5-3-1/h1-6H;1-6H. The second-order valence-electron chi connectivity index (χ2n) is 3.00. The van der Waals surface area contributed by atoms with E-state index in [1.165, 1.54) is 0 Å². The van der Waals surface area contributed by atoms with Crippen LogP contribution in [0.1, 0.15) is 10.4 Å². The molecule has 16 heavy (non-hydrogen) atoms. The van der Waals surface area contributed by atoms with Gasteiger partial charge in [-0.1, -0.05) is 66.7 Å². The maximum absolute atomic E-state index is 10.6. The summed E-state index contributed by atoms with van der Waals surface area (Å²) in [5, 5.41) is 0. The van der Waals surface area contributed by atoms with Gasteiger partial charge >= 0.3 is 0 Å². The van der Waals surface area contributed by atoms with Crippen molar-refractivity contribution in [2.45, 2.75) is 0 Å². The quantitative estimate of drug-likeness (QED) is 0.436. The third-order valence-electron chi connectivity index (χ3n) is 1.83. The van der Waals surface area contributed by atoms with Crippen LogP contribution in [0, 0.1) is 0 Å². The molecule has 0 saturated heterocycles. The Balaban J connectivity index is 0.000000181. The largest absolute Gasteiger partial charge is 0.294 e. The van der Waals surface area contributed by atoms with Crippen LogP contribution in [0.4, 0.5) is 0 Å². The zero-order valence-corrected chi connectivity index (χ0v) is 8.74. The van der Waals surface area contributed by atoms with Crippen LogP contribution >= 0.6 is 0 Å². The lowest BCUT2D eigenvalue weighted by Crippen LogP contribution is -1.97. The summed E-state index contributed by atoms with van der Waals surface area (Å²) < 4.78 is 0. The fourth-order valence-electron chi connectivity index (χ4n) is 1.06. The maximum Gasteiger partial charge on any atom is 0.225 e. The minimum absolute atomic E-state index is 0.315. The van der Waals surface area contributed by atoms with E-state index >= 15 is 0 Å². The second kappa shape index (κ2) is 7.12. The number of aldehydes is 1. The third kappa shape index (κ3) is 4.33. The van der Waals surface area contributed by atoms with Crippen LogP contribution in [0.2, 0.25) is 0 Å². The molecule has 0 N–H and O–H groups in total. The lowest BCUT2D eigenvalue weighted by atomic mass is 10.1. The first-order valence-electron chi connectivity index (χ1n) is 4.89. The predicted octanol–water partition coefficient (Wildman–Crippen LogP) is 2.75. The molecule has 0 bridgehead atoms. The van der Waals surface area contributed by atoms with Crippen molar-refractivity contribution in [3.8, 4) is 0 Å². The minimum Gasteiger partial charge on any atom is -0.294 e. The molecule has 0 aliphatic heterocycles. The molecule has 0 heterocycles. The lowest BCUT2D eigenvalue weighted by Gasteiger charge is -1.88. The van der Waals surface area contributed by atoms with Gasteiger partial charge in [-0.25, -0.2) is 0 Å². The molecule has 2 nitrogen and oxygen atoms in total. The molecule has 0 aliphatic carbocycles. The number of rotatable bonds is 2. The smallest absolute Gasteiger partial charge is 0.225 e. The molecule has 0 saturated carbocycles. The molecule has 0 radical (unpaired) electrons. The number of carbonyl (C=O) groups excluding carboxylic acids is 2. The normalized spacial score (nSPS) is 8.50. The van der Waals surface area contributed by atoms with E-state index in [9.17, 15) is 9.59 Å². The van der Waals surface area contributed by atoms with Crippen LogP contribution in [0.15, 0.2) is 66.7 Å². The van der Waals surface area contributed by atoms with Crippen molar-refractivity contribution < 1.29 is 9.59 Å². The van der Waals surface area contributed by atoms with Crippen molar-refractivity contribution in [3.63, 3.8) is 0 Å². The van der Waals surface area contributed by atoms with Crippen LogP contribution in [0.25, 0.3) is 0 Å². The van der Waals surface area contributed by atoms with Gasteiger partial charge in [-0.2, -0.15) is 0 Å². The van der Waals surface area contributed by atoms with Crippen molar-refractivity contribution in [2.75, 3.05) is 0 Å². The highest BCUT2D eigenvalue weighted by Crippen LogP contribution is 1.96. The van der Waals surface area contributed by atoms with Crippen LogP contribution in [0.5, 0.6) is 0 Å². The highest BCUT2D eigenvalue weighted by molar-refractivity contribution is 6.33. The highest BCUT2D eigenvalue weighted by atomic mass is 16.2. The number of benzene rings is 2. The molecule has 2 aromatic carbocycles. The molecule has 0 atom stereocenters. The molecule has 0 aliphatic rings. The highest BCUT2D eigenvalue weighted by Gasteiger charge is 1.99. The Hall–Kier alpha value is -2.22. The Labute approximate surface area is 94.5 Å². The van der Waals surface area contributed by atoms with Gasteiger partial charge < -0.3 is 0 Å². The Morgan fingerprint density at radius 3 is 1.50 bits per heavy atom. The molecule has 0 spiro atoms. The summed E-state index contributed by atoms with van der Waals surface area (Å²) in [6, 6.07) is 20.4. The summed E-state index contributed by atoms with van der Waals surface area (Å²) in [5.74, 6) is -0.472. The Morgan fingerprint density at radius 1 is 0.750 bits per heavy atom. The molecule has 0 amide bonds. The number of Topliss-reactive ketones (excluding diaryl/α,β-unsaturated/α-hetero) is 1. The minimum atomic E-state index is -0.472. The molecule has 0 unspecified atom stereocenters. The molecular weight excluding hydrogens is 200 g/mol. The third-order valence-corrected chi connectivity index (χ3v) is 1.83. The van der Waals surface area contributed by atoms with Crippen molar-refractivity contribution >= 4 is 12.1 Å². The van der Waals surface area contributed by atoms with Crippen LogP contribution < -0.4 is 0 Å². The van der Waals surface area contributed by atoms with Crippen molar-refractivity contribution in [3.05, 3.63) is 72.3 Å². The van der Waals surface area contributed by atoms with E-state index < -0.39 is 5.78 Å². The summed E-state index contributed by atoms with van der Waals surface area (Å²) in [6.07, 6.45) is 0.315. The number of hydrogen-bond acceptors (Lipinski definition) is 2. The van der Waals surface area contributed by atoms with Gasteiger partial charge in [-0.05, 0) is 0 Å². The van der Waals surface area contributed by atoms with E-state index in [4.69, 9.17) is 0 Å². The Bertz CT molecular complexity index is 394. The van der Waals surface area contributed by atoms with Gasteiger partial charge in [0.2, 0.25) is 5.78 Å². The molecular formula is C14H12O2. The van der Waals surface area contributed by atoms with Gasteiger partial charge in [-0.3, -0.25) is 9.59 Å². The second-order valence-corrected chi connectivity index (χ2v) is 3.00. The average Bonchev–Trinajstić information content (AvgIpc) is 2.41. The van der Waals surface area contributed by atoms with E-state index in [0.29, 0.717) is 11.8 Å². The summed E-state index contributed by atoms with van der Waals surface area (Å²) in [5.41, 5.74) is 0.442. The van der Waals surface area contributed by atoms with Gasteiger partial charge in [0.15, 0.2) is 6.29 Å². The summed E-state index contributed by atoms with van der Waals surface area (Å²) in [7, 11) is 0. The average molecular weight is 212 g/mol. The van der Waals surface area contributed by atoms with Gasteiger partial charge in [0.1, 0.15) is 0 Å². The molecule has 80 valence electrons. The van der Waals surface area contributed by atoms with Gasteiger partial charge in [-0.15, -0.1) is 0 Å². The maximum atomic E-state index is 10.6. The van der Waals surface area contributed by atoms with Gasteiger partial charge in [0.05, 0.1) is 0 Å². The SMILES string of the molecule is O=CC(=O)c1ccccc1.c1ccccc1. The molecule has 2 rings (SSSR count). The van der Waals surface area contributed by atoms with E-state index in [0.717, 1.165) is 0 Å². The summed E-state index contributed by atoms with van der Waals surface area (Å²) >= 11 is 0. The van der Waals surface area contributed by atoms with Gasteiger partial charge in [0.25, 0.3) is 0 Å². The van der Waals surface area contributed by atoms with E-state index in [-0.39, 0.29) is 0 Å². The first-order valence-corrected chi connectivity index (χ1v) is 4.89. The lowest BCUT2D eigenvalue weighted by molar-refractivity contribution is -0.104. The van der Waals surface area contributed by atoms with E-state index in [1.54, 1.807) is 30.3 Å². The van der Waals surface area contributed by atoms with Crippen LogP contribution in [0.3, 0.4) is 0 Å². The van der Waals surface area contributed by atoms with E-state index in [1.807, 2.05) is 36.4 Å². The zero-order valence-electron chi connectivity index (χ0n) is 8.74. The predicted molar refractivity (Wildman–Crippen MR) is 63.3 cm³/mol. The molecule has 0 aromatic heterocycles. The van der Waals surface area contributed by atoms with E-state index in [2.05, 4.69) is 0 Å². The van der Waals surface area contributed by atoms with Crippen molar-refractivity contribution in [1.82, 2.24) is 0 Å². The zero-order chi connectivity index (χ0) is 11.6. The molecule has 0 fully saturated rings. The topological polar surface area (TPSA) is 34.1 Å². The number of ketones is 1. The fraction of sp³-hybridized carbons (Fsp3) is 0.